The number of benzene rings is 2. The van der Waals surface area contributed by atoms with Crippen molar-refractivity contribution in [1.82, 2.24) is 4.90 Å². The van der Waals surface area contributed by atoms with E-state index in [2.05, 4.69) is 6.92 Å². The van der Waals surface area contributed by atoms with Crippen LogP contribution < -0.4 is 14.4 Å². The van der Waals surface area contributed by atoms with Gasteiger partial charge < -0.3 is 24.0 Å². The number of ether oxygens (including phenoxy) is 3. The van der Waals surface area contributed by atoms with Crippen molar-refractivity contribution in [1.29, 1.82) is 0 Å². The second-order valence-electron chi connectivity index (χ2n) is 9.18. The standard InChI is InChI=1S/C27H30N2O6/c1-2-18-5-8-21(9-6-18)29-16-20(15-25(29)30)27(32)35-17-26(31)28-11-3-4-22(28)19-7-10-23-24(14-19)34-13-12-33-23/h5-10,14,20,22H,2-4,11-13,15-17H2,1H3. The normalized spacial score (nSPS) is 21.3. The van der Waals surface area contributed by atoms with Crippen molar-refractivity contribution in [3.05, 3.63) is 53.6 Å². The van der Waals surface area contributed by atoms with Gasteiger partial charge in [0.15, 0.2) is 18.1 Å². The first kappa shape index (κ1) is 23.2. The molecule has 0 aliphatic carbocycles. The lowest BCUT2D eigenvalue weighted by Crippen LogP contribution is -2.35. The first-order valence-corrected chi connectivity index (χ1v) is 12.3. The molecule has 3 aliphatic rings. The number of aryl methyl sites for hydroxylation is 1. The number of rotatable bonds is 6. The molecule has 3 heterocycles. The van der Waals surface area contributed by atoms with Crippen LogP contribution in [-0.2, 0) is 25.5 Å². The second kappa shape index (κ2) is 9.98. The van der Waals surface area contributed by atoms with Crippen molar-refractivity contribution in [3.63, 3.8) is 0 Å². The second-order valence-corrected chi connectivity index (χ2v) is 9.18. The molecule has 0 bridgehead atoms. The topological polar surface area (TPSA) is 85.4 Å². The van der Waals surface area contributed by atoms with E-state index in [4.69, 9.17) is 14.2 Å². The molecular formula is C27H30N2O6. The Morgan fingerprint density at radius 3 is 2.60 bits per heavy atom. The molecule has 2 amide bonds. The fourth-order valence-corrected chi connectivity index (χ4v) is 5.04. The van der Waals surface area contributed by atoms with Crippen LogP contribution in [0.1, 0.15) is 43.4 Å². The van der Waals surface area contributed by atoms with Gasteiger partial charge >= 0.3 is 5.97 Å². The molecule has 2 aromatic carbocycles. The van der Waals surface area contributed by atoms with Gasteiger partial charge in [-0.25, -0.2) is 0 Å². The molecule has 3 aliphatic heterocycles. The van der Waals surface area contributed by atoms with Crippen LogP contribution in [-0.4, -0.2) is 55.6 Å². The van der Waals surface area contributed by atoms with E-state index in [1.807, 2.05) is 42.5 Å². The van der Waals surface area contributed by atoms with Crippen LogP contribution in [0.25, 0.3) is 0 Å². The van der Waals surface area contributed by atoms with Crippen molar-refractivity contribution in [2.75, 3.05) is 37.8 Å². The quantitative estimate of drug-likeness (QED) is 0.593. The summed E-state index contributed by atoms with van der Waals surface area (Å²) in [4.78, 5) is 41.6. The Bertz CT molecular complexity index is 1120. The number of esters is 1. The molecule has 184 valence electrons. The molecule has 2 aromatic rings. The van der Waals surface area contributed by atoms with E-state index in [0.717, 1.165) is 30.5 Å². The van der Waals surface area contributed by atoms with Crippen molar-refractivity contribution in [2.24, 2.45) is 5.92 Å². The smallest absolute Gasteiger partial charge is 0.311 e. The number of anilines is 1. The predicted molar refractivity (Wildman–Crippen MR) is 128 cm³/mol. The SMILES string of the molecule is CCc1ccc(N2CC(C(=O)OCC(=O)N3CCCC3c3ccc4c(c3)OCCO4)CC2=O)cc1. The van der Waals surface area contributed by atoms with Gasteiger partial charge in [-0.15, -0.1) is 0 Å². The van der Waals surface area contributed by atoms with Gasteiger partial charge in [0.25, 0.3) is 5.91 Å². The van der Waals surface area contributed by atoms with Crippen LogP contribution in [0.2, 0.25) is 0 Å². The summed E-state index contributed by atoms with van der Waals surface area (Å²) >= 11 is 0. The molecule has 0 saturated carbocycles. The number of nitrogens with zero attached hydrogens (tertiary/aromatic N) is 2. The number of carbonyl (C=O) groups is 3. The molecule has 2 saturated heterocycles. The molecule has 2 unspecified atom stereocenters. The number of hydrogen-bond donors (Lipinski definition) is 0. The molecule has 8 nitrogen and oxygen atoms in total. The molecule has 2 fully saturated rings. The van der Waals surface area contributed by atoms with Crippen molar-refractivity contribution >= 4 is 23.5 Å². The molecule has 8 heteroatoms. The average Bonchev–Trinajstić information content (AvgIpc) is 3.54. The van der Waals surface area contributed by atoms with Crippen molar-refractivity contribution in [3.8, 4) is 11.5 Å². The highest BCUT2D eigenvalue weighted by Gasteiger charge is 2.37. The maximum Gasteiger partial charge on any atom is 0.311 e. The molecule has 2 atom stereocenters. The van der Waals surface area contributed by atoms with Crippen molar-refractivity contribution in [2.45, 2.75) is 38.6 Å². The maximum atomic E-state index is 13.0. The third-order valence-electron chi connectivity index (χ3n) is 6.98. The van der Waals surface area contributed by atoms with E-state index in [0.29, 0.717) is 31.3 Å². The maximum absolute atomic E-state index is 13.0. The zero-order valence-electron chi connectivity index (χ0n) is 19.9. The highest BCUT2D eigenvalue weighted by molar-refractivity contribution is 5.99. The van der Waals surface area contributed by atoms with Crippen LogP contribution in [0, 0.1) is 5.92 Å². The Morgan fingerprint density at radius 1 is 1.06 bits per heavy atom. The summed E-state index contributed by atoms with van der Waals surface area (Å²) in [5, 5.41) is 0. The van der Waals surface area contributed by atoms with Gasteiger partial charge in [-0.3, -0.25) is 14.4 Å². The van der Waals surface area contributed by atoms with E-state index >= 15 is 0 Å². The van der Waals surface area contributed by atoms with Gasteiger partial charge in [-0.1, -0.05) is 25.1 Å². The van der Waals surface area contributed by atoms with Gasteiger partial charge in [0.2, 0.25) is 5.91 Å². The van der Waals surface area contributed by atoms with Crippen LogP contribution >= 0.6 is 0 Å². The Kier molecular flexibility index (Phi) is 6.61. The summed E-state index contributed by atoms with van der Waals surface area (Å²) in [6, 6.07) is 13.5. The molecule has 0 spiro atoms. The minimum atomic E-state index is -0.576. The zero-order chi connectivity index (χ0) is 24.4. The number of carbonyl (C=O) groups excluding carboxylic acids is 3. The summed E-state index contributed by atoms with van der Waals surface area (Å²) in [6.07, 6.45) is 2.72. The molecule has 35 heavy (non-hydrogen) atoms. The summed E-state index contributed by atoms with van der Waals surface area (Å²) in [5.74, 6) is -0.0129. The van der Waals surface area contributed by atoms with Gasteiger partial charge in [0.05, 0.1) is 12.0 Å². The minimum Gasteiger partial charge on any atom is -0.486 e. The fraction of sp³-hybridized carbons (Fsp3) is 0.444. The van der Waals surface area contributed by atoms with E-state index in [1.165, 1.54) is 5.56 Å². The van der Waals surface area contributed by atoms with Crippen LogP contribution in [0.5, 0.6) is 11.5 Å². The van der Waals surface area contributed by atoms with E-state index in [9.17, 15) is 14.4 Å². The number of fused-ring (bicyclic) bond motifs is 1. The lowest BCUT2D eigenvalue weighted by Gasteiger charge is -2.26. The fourth-order valence-electron chi connectivity index (χ4n) is 5.04. The molecule has 0 N–H and O–H groups in total. The molecule has 0 aromatic heterocycles. The van der Waals surface area contributed by atoms with Gasteiger partial charge in [-0.05, 0) is 54.7 Å². The largest absolute Gasteiger partial charge is 0.486 e. The first-order chi connectivity index (χ1) is 17.0. The highest BCUT2D eigenvalue weighted by atomic mass is 16.6. The summed E-state index contributed by atoms with van der Waals surface area (Å²) < 4.78 is 16.7. The zero-order valence-corrected chi connectivity index (χ0v) is 19.9. The van der Waals surface area contributed by atoms with Gasteiger partial charge in [0.1, 0.15) is 13.2 Å². The lowest BCUT2D eigenvalue weighted by atomic mass is 10.0. The van der Waals surface area contributed by atoms with Crippen LogP contribution in [0.3, 0.4) is 0 Å². The number of likely N-dealkylation sites (tertiary alicyclic amines) is 1. The summed E-state index contributed by atoms with van der Waals surface area (Å²) in [6.45, 7) is 3.66. The third-order valence-corrected chi connectivity index (χ3v) is 6.98. The van der Waals surface area contributed by atoms with E-state index < -0.39 is 11.9 Å². The minimum absolute atomic E-state index is 0.0894. The molecule has 0 radical (unpaired) electrons. The summed E-state index contributed by atoms with van der Waals surface area (Å²) in [5.41, 5.74) is 2.95. The molecular weight excluding hydrogens is 448 g/mol. The highest BCUT2D eigenvalue weighted by Crippen LogP contribution is 2.38. The lowest BCUT2D eigenvalue weighted by molar-refractivity contribution is -0.155. The molecule has 5 rings (SSSR count). The Balaban J connectivity index is 1.17. The number of amides is 2. The summed E-state index contributed by atoms with van der Waals surface area (Å²) in [7, 11) is 0. The van der Waals surface area contributed by atoms with Gasteiger partial charge in [0, 0.05) is 25.2 Å². The third kappa shape index (κ3) is 4.83. The van der Waals surface area contributed by atoms with Crippen molar-refractivity contribution < 1.29 is 28.6 Å². The van der Waals surface area contributed by atoms with Gasteiger partial charge in [-0.2, -0.15) is 0 Å². The monoisotopic (exact) mass is 478 g/mol. The van der Waals surface area contributed by atoms with Crippen LogP contribution in [0.4, 0.5) is 5.69 Å². The Hall–Kier alpha value is -3.55. The van der Waals surface area contributed by atoms with Crippen LogP contribution in [0.15, 0.2) is 42.5 Å². The van der Waals surface area contributed by atoms with E-state index in [1.54, 1.807) is 9.80 Å². The predicted octanol–water partition coefficient (Wildman–Crippen LogP) is 3.28. The Morgan fingerprint density at radius 2 is 1.83 bits per heavy atom. The Labute approximate surface area is 204 Å². The number of hydrogen-bond acceptors (Lipinski definition) is 6. The average molecular weight is 479 g/mol. The first-order valence-electron chi connectivity index (χ1n) is 12.3. The van der Waals surface area contributed by atoms with E-state index in [-0.39, 0.29) is 37.4 Å².